The van der Waals surface area contributed by atoms with E-state index in [4.69, 9.17) is 9.47 Å². The van der Waals surface area contributed by atoms with Crippen LogP contribution in [0.2, 0.25) is 0 Å². The molecule has 21 heavy (non-hydrogen) atoms. The maximum absolute atomic E-state index is 5.41. The van der Waals surface area contributed by atoms with E-state index >= 15 is 0 Å². The minimum atomic E-state index is 0.700. The molecule has 0 radical (unpaired) electrons. The van der Waals surface area contributed by atoms with Crippen molar-refractivity contribution in [3.8, 4) is 11.5 Å². The molecule has 2 heterocycles. The van der Waals surface area contributed by atoms with E-state index in [9.17, 15) is 0 Å². The average molecular weight is 287 g/mol. The van der Waals surface area contributed by atoms with Crippen LogP contribution < -0.4 is 14.4 Å². The Morgan fingerprint density at radius 1 is 0.905 bits per heavy atom. The number of rotatable bonds is 3. The summed E-state index contributed by atoms with van der Waals surface area (Å²) in [7, 11) is 3.29. The highest BCUT2D eigenvalue weighted by Crippen LogP contribution is 2.35. The predicted molar refractivity (Wildman–Crippen MR) is 83.3 cm³/mol. The van der Waals surface area contributed by atoms with E-state index in [0.717, 1.165) is 35.6 Å². The molecule has 0 N–H and O–H groups in total. The summed E-state index contributed by atoms with van der Waals surface area (Å²) < 4.78 is 10.8. The van der Waals surface area contributed by atoms with Gasteiger partial charge in [-0.15, -0.1) is 0 Å². The Morgan fingerprint density at radius 3 is 2.24 bits per heavy atom. The monoisotopic (exact) mass is 287 g/mol. The van der Waals surface area contributed by atoms with Gasteiger partial charge in [0.25, 0.3) is 0 Å². The fourth-order valence-corrected chi connectivity index (χ4v) is 2.90. The number of hydrogen-bond donors (Lipinski definition) is 0. The lowest BCUT2D eigenvalue weighted by Gasteiger charge is -2.23. The van der Waals surface area contributed by atoms with Gasteiger partial charge in [0.05, 0.1) is 19.7 Å². The number of anilines is 1. The van der Waals surface area contributed by atoms with Crippen LogP contribution >= 0.6 is 0 Å². The molecule has 0 unspecified atom stereocenters. The fraction of sp³-hybridized carbons (Fsp3) is 0.500. The maximum atomic E-state index is 5.41. The molecule has 0 aliphatic carbocycles. The highest BCUT2D eigenvalue weighted by Gasteiger charge is 2.16. The summed E-state index contributed by atoms with van der Waals surface area (Å²) in [6.45, 7) is 2.11. The normalized spacial score (nSPS) is 15.8. The van der Waals surface area contributed by atoms with Gasteiger partial charge in [0.2, 0.25) is 0 Å². The molecule has 112 valence electrons. The lowest BCUT2D eigenvalue weighted by atomic mass is 10.2. The van der Waals surface area contributed by atoms with E-state index in [1.165, 1.54) is 25.7 Å². The van der Waals surface area contributed by atoms with Gasteiger partial charge in [-0.05, 0) is 18.9 Å². The Labute approximate surface area is 124 Å². The van der Waals surface area contributed by atoms with Crippen molar-refractivity contribution >= 4 is 16.7 Å². The van der Waals surface area contributed by atoms with Gasteiger partial charge in [-0.1, -0.05) is 12.8 Å². The summed E-state index contributed by atoms with van der Waals surface area (Å²) in [5.41, 5.74) is 0.891. The summed E-state index contributed by atoms with van der Waals surface area (Å²) >= 11 is 0. The Bertz CT molecular complexity index is 622. The topological polar surface area (TPSA) is 47.5 Å². The van der Waals surface area contributed by atoms with Crippen LogP contribution in [-0.4, -0.2) is 37.3 Å². The Hall–Kier alpha value is -2.04. The zero-order valence-electron chi connectivity index (χ0n) is 12.6. The fourth-order valence-electron chi connectivity index (χ4n) is 2.90. The highest BCUT2D eigenvalue weighted by molar-refractivity contribution is 5.92. The highest BCUT2D eigenvalue weighted by atomic mass is 16.5. The number of methoxy groups -OCH3 is 2. The average Bonchev–Trinajstić information content (AvgIpc) is 2.82. The van der Waals surface area contributed by atoms with E-state index in [1.54, 1.807) is 20.5 Å². The molecule has 3 rings (SSSR count). The van der Waals surface area contributed by atoms with Gasteiger partial charge in [-0.3, -0.25) is 0 Å². The third kappa shape index (κ3) is 2.73. The van der Waals surface area contributed by atoms with Crippen molar-refractivity contribution in [1.29, 1.82) is 0 Å². The second-order valence-corrected chi connectivity index (χ2v) is 5.32. The van der Waals surface area contributed by atoms with Crippen molar-refractivity contribution in [2.24, 2.45) is 0 Å². The van der Waals surface area contributed by atoms with Gasteiger partial charge in [0, 0.05) is 24.5 Å². The molecule has 1 aliphatic rings. The minimum absolute atomic E-state index is 0.700. The van der Waals surface area contributed by atoms with Crippen LogP contribution in [0, 0.1) is 0 Å². The first kappa shape index (κ1) is 13.9. The molecule has 0 spiro atoms. The molecule has 0 saturated carbocycles. The van der Waals surface area contributed by atoms with Gasteiger partial charge in [-0.25, -0.2) is 9.97 Å². The Kier molecular flexibility index (Phi) is 4.08. The Morgan fingerprint density at radius 2 is 1.57 bits per heavy atom. The largest absolute Gasteiger partial charge is 0.493 e. The summed E-state index contributed by atoms with van der Waals surface area (Å²) in [4.78, 5) is 11.3. The number of fused-ring (bicyclic) bond motifs is 1. The van der Waals surface area contributed by atoms with Crippen molar-refractivity contribution in [1.82, 2.24) is 9.97 Å². The van der Waals surface area contributed by atoms with Crippen LogP contribution in [0.25, 0.3) is 10.9 Å². The third-order valence-corrected chi connectivity index (χ3v) is 4.03. The minimum Gasteiger partial charge on any atom is -0.493 e. The summed E-state index contributed by atoms with van der Waals surface area (Å²) in [5, 5.41) is 1.03. The van der Waals surface area contributed by atoms with E-state index in [-0.39, 0.29) is 0 Å². The quantitative estimate of drug-likeness (QED) is 0.868. The second-order valence-electron chi connectivity index (χ2n) is 5.32. The van der Waals surface area contributed by atoms with E-state index in [0.29, 0.717) is 5.75 Å². The number of ether oxygens (including phenoxy) is 2. The predicted octanol–water partition coefficient (Wildman–Crippen LogP) is 3.03. The molecular formula is C16H21N3O2. The van der Waals surface area contributed by atoms with E-state index in [2.05, 4.69) is 14.9 Å². The summed E-state index contributed by atoms with van der Waals surface area (Å²) in [6.07, 6.45) is 6.68. The summed E-state index contributed by atoms with van der Waals surface area (Å²) in [6, 6.07) is 3.89. The van der Waals surface area contributed by atoms with E-state index in [1.807, 2.05) is 12.1 Å². The lowest BCUT2D eigenvalue weighted by Crippen LogP contribution is -2.25. The molecule has 1 saturated heterocycles. The standard InChI is InChI=1S/C16H21N3O2/c1-20-14-9-12-13(10-15(14)21-2)17-11-18-16(12)19-7-5-3-4-6-8-19/h9-11H,3-8H2,1-2H3. The number of aromatic nitrogens is 2. The van der Waals surface area contributed by atoms with Crippen LogP contribution in [-0.2, 0) is 0 Å². The zero-order chi connectivity index (χ0) is 14.7. The molecule has 1 aliphatic heterocycles. The molecule has 1 aromatic heterocycles. The van der Waals surface area contributed by atoms with Gasteiger partial charge in [0.1, 0.15) is 12.1 Å². The van der Waals surface area contributed by atoms with Crippen molar-refractivity contribution in [3.05, 3.63) is 18.5 Å². The van der Waals surface area contributed by atoms with Crippen LogP contribution in [0.1, 0.15) is 25.7 Å². The second kappa shape index (κ2) is 6.16. The Balaban J connectivity index is 2.09. The molecule has 2 aromatic rings. The van der Waals surface area contributed by atoms with Crippen molar-refractivity contribution in [2.75, 3.05) is 32.2 Å². The first-order chi connectivity index (χ1) is 10.3. The van der Waals surface area contributed by atoms with Crippen molar-refractivity contribution < 1.29 is 9.47 Å². The van der Waals surface area contributed by atoms with Gasteiger partial charge in [0.15, 0.2) is 11.5 Å². The molecule has 0 atom stereocenters. The number of benzene rings is 1. The molecule has 5 heteroatoms. The van der Waals surface area contributed by atoms with Crippen molar-refractivity contribution in [3.63, 3.8) is 0 Å². The first-order valence-electron chi connectivity index (χ1n) is 7.45. The molecular weight excluding hydrogens is 266 g/mol. The van der Waals surface area contributed by atoms with Crippen LogP contribution in [0.4, 0.5) is 5.82 Å². The summed E-state index contributed by atoms with van der Waals surface area (Å²) in [5.74, 6) is 2.42. The molecule has 0 amide bonds. The van der Waals surface area contributed by atoms with E-state index < -0.39 is 0 Å². The third-order valence-electron chi connectivity index (χ3n) is 4.03. The lowest BCUT2D eigenvalue weighted by molar-refractivity contribution is 0.356. The first-order valence-corrected chi connectivity index (χ1v) is 7.45. The number of hydrogen-bond acceptors (Lipinski definition) is 5. The molecule has 1 fully saturated rings. The van der Waals surface area contributed by atoms with Gasteiger partial charge >= 0.3 is 0 Å². The molecule has 5 nitrogen and oxygen atoms in total. The smallest absolute Gasteiger partial charge is 0.162 e. The SMILES string of the molecule is COc1cc2ncnc(N3CCCCCC3)c2cc1OC. The molecule has 0 bridgehead atoms. The maximum Gasteiger partial charge on any atom is 0.162 e. The number of nitrogens with zero attached hydrogens (tertiary/aromatic N) is 3. The van der Waals surface area contributed by atoms with Crippen LogP contribution in [0.3, 0.4) is 0 Å². The van der Waals surface area contributed by atoms with Crippen molar-refractivity contribution in [2.45, 2.75) is 25.7 Å². The zero-order valence-corrected chi connectivity index (χ0v) is 12.6. The van der Waals surface area contributed by atoms with Gasteiger partial charge in [-0.2, -0.15) is 0 Å². The van der Waals surface area contributed by atoms with Gasteiger partial charge < -0.3 is 14.4 Å². The van der Waals surface area contributed by atoms with Crippen LogP contribution in [0.15, 0.2) is 18.5 Å². The molecule has 1 aromatic carbocycles. The van der Waals surface area contributed by atoms with Crippen LogP contribution in [0.5, 0.6) is 11.5 Å².